The number of imide groups is 1. The highest BCUT2D eigenvalue weighted by Crippen LogP contribution is 2.34. The zero-order chi connectivity index (χ0) is 27.1. The summed E-state index contributed by atoms with van der Waals surface area (Å²) < 4.78 is 15.3. The number of anilines is 1. The first kappa shape index (κ1) is 27.6. The first-order valence-electron chi connectivity index (χ1n) is 10.7. The number of carboxylic acid groups (broad SMARTS) is 1. The Balaban J connectivity index is 1.72. The highest BCUT2D eigenvalue weighted by Gasteiger charge is 2.36. The molecular formula is C24H21ClN2O9S. The van der Waals surface area contributed by atoms with Crippen LogP contribution >= 0.6 is 23.4 Å². The molecule has 2 aromatic carbocycles. The third kappa shape index (κ3) is 7.02. The molecule has 0 aromatic heterocycles. The van der Waals surface area contributed by atoms with Gasteiger partial charge in [0.1, 0.15) is 6.54 Å². The number of carbonyl (C=O) groups excluding carboxylic acids is 4. The number of methoxy groups -OCH3 is 1. The normalized spacial score (nSPS) is 14.0. The van der Waals surface area contributed by atoms with Crippen LogP contribution in [0.5, 0.6) is 11.5 Å². The molecule has 1 heterocycles. The highest BCUT2D eigenvalue weighted by molar-refractivity contribution is 8.18. The van der Waals surface area contributed by atoms with Gasteiger partial charge in [0.05, 0.1) is 29.2 Å². The summed E-state index contributed by atoms with van der Waals surface area (Å²) in [5.74, 6) is -2.69. The maximum atomic E-state index is 12.8. The number of nitrogens with zero attached hydrogens (tertiary/aromatic N) is 1. The van der Waals surface area contributed by atoms with Crippen molar-refractivity contribution >= 4 is 64.1 Å². The van der Waals surface area contributed by atoms with Crippen LogP contribution in [0.15, 0.2) is 41.3 Å². The Morgan fingerprint density at radius 2 is 1.86 bits per heavy atom. The van der Waals surface area contributed by atoms with Crippen molar-refractivity contribution < 1.29 is 43.3 Å². The number of carbonyl (C=O) groups is 5. The number of aliphatic carboxylic acids is 1. The second-order valence-electron chi connectivity index (χ2n) is 7.32. The first-order valence-corrected chi connectivity index (χ1v) is 11.9. The molecule has 3 amide bonds. The number of benzene rings is 2. The molecule has 3 rings (SSSR count). The van der Waals surface area contributed by atoms with Crippen molar-refractivity contribution in [3.63, 3.8) is 0 Å². The molecule has 0 radical (unpaired) electrons. The van der Waals surface area contributed by atoms with Crippen LogP contribution in [-0.2, 0) is 19.1 Å². The largest absolute Gasteiger partial charge is 0.490 e. The van der Waals surface area contributed by atoms with Gasteiger partial charge in [0.15, 0.2) is 18.1 Å². The zero-order valence-electron chi connectivity index (χ0n) is 19.6. The van der Waals surface area contributed by atoms with Crippen molar-refractivity contribution in [2.75, 3.05) is 32.2 Å². The Hall–Kier alpha value is -4.03. The molecule has 194 valence electrons. The lowest BCUT2D eigenvalue weighted by Crippen LogP contribution is -2.36. The number of hydrogen-bond acceptors (Lipinski definition) is 9. The number of ether oxygens (including phenoxy) is 3. The van der Waals surface area contributed by atoms with Gasteiger partial charge in [0.25, 0.3) is 11.1 Å². The van der Waals surface area contributed by atoms with Gasteiger partial charge in [-0.25, -0.2) is 9.59 Å². The van der Waals surface area contributed by atoms with Gasteiger partial charge < -0.3 is 24.6 Å². The Bertz CT molecular complexity index is 1290. The highest BCUT2D eigenvalue weighted by atomic mass is 35.5. The summed E-state index contributed by atoms with van der Waals surface area (Å²) in [4.78, 5) is 61.2. The molecule has 13 heteroatoms. The molecule has 11 nitrogen and oxygen atoms in total. The summed E-state index contributed by atoms with van der Waals surface area (Å²) in [6.07, 6.45) is 1.45. The summed E-state index contributed by atoms with van der Waals surface area (Å²) in [6.45, 7) is 0.919. The van der Waals surface area contributed by atoms with Gasteiger partial charge in [-0.2, -0.15) is 0 Å². The second kappa shape index (κ2) is 12.3. The summed E-state index contributed by atoms with van der Waals surface area (Å²) in [6, 6.07) is 8.79. The Morgan fingerprint density at radius 1 is 1.11 bits per heavy atom. The van der Waals surface area contributed by atoms with Crippen LogP contribution in [0.4, 0.5) is 10.5 Å². The molecular weight excluding hydrogens is 528 g/mol. The first-order chi connectivity index (χ1) is 17.6. The molecule has 2 N–H and O–H groups in total. The van der Waals surface area contributed by atoms with Crippen molar-refractivity contribution in [3.05, 3.63) is 57.5 Å². The van der Waals surface area contributed by atoms with Crippen LogP contribution in [0.1, 0.15) is 22.8 Å². The van der Waals surface area contributed by atoms with Crippen molar-refractivity contribution in [2.45, 2.75) is 6.92 Å². The summed E-state index contributed by atoms with van der Waals surface area (Å²) in [5.41, 5.74) is 0.769. The summed E-state index contributed by atoms with van der Waals surface area (Å²) in [7, 11) is 1.19. The van der Waals surface area contributed by atoms with E-state index in [-0.39, 0.29) is 39.3 Å². The lowest BCUT2D eigenvalue weighted by Gasteiger charge is -2.13. The van der Waals surface area contributed by atoms with Gasteiger partial charge in [-0.3, -0.25) is 19.3 Å². The van der Waals surface area contributed by atoms with Crippen LogP contribution in [-0.4, -0.2) is 65.9 Å². The Kier molecular flexibility index (Phi) is 9.15. The third-order valence-corrected chi connectivity index (χ3v) is 5.98. The van der Waals surface area contributed by atoms with Gasteiger partial charge in [0.2, 0.25) is 5.91 Å². The van der Waals surface area contributed by atoms with Crippen molar-refractivity contribution in [3.8, 4) is 11.5 Å². The number of nitrogens with one attached hydrogen (secondary N) is 1. The standard InChI is InChI=1S/C24H21ClN2O9S/c1-3-35-18-8-13(4-7-17(18)36-12-21(29)30)9-19-22(31)27(24(33)37-19)11-20(28)26-14-5-6-16(25)15(10-14)23(32)34-2/h4-10H,3,11-12H2,1-2H3,(H,26,28)(H,29,30)/b19-9+. The fourth-order valence-corrected chi connectivity index (χ4v) is 4.18. The maximum Gasteiger partial charge on any atom is 0.341 e. The predicted octanol–water partition coefficient (Wildman–Crippen LogP) is 3.66. The van der Waals surface area contributed by atoms with Crippen molar-refractivity contribution in [1.82, 2.24) is 4.90 Å². The number of amides is 3. The van der Waals surface area contributed by atoms with E-state index in [0.29, 0.717) is 17.3 Å². The molecule has 1 fully saturated rings. The fourth-order valence-electron chi connectivity index (χ4n) is 3.14. The second-order valence-corrected chi connectivity index (χ2v) is 8.72. The van der Waals surface area contributed by atoms with E-state index < -0.39 is 42.1 Å². The molecule has 0 saturated carbocycles. The van der Waals surface area contributed by atoms with Crippen LogP contribution in [0, 0.1) is 0 Å². The fraction of sp³-hybridized carbons (Fsp3) is 0.208. The average Bonchev–Trinajstić information content (AvgIpc) is 3.11. The van der Waals surface area contributed by atoms with E-state index in [4.69, 9.17) is 26.2 Å². The average molecular weight is 549 g/mol. The number of carboxylic acids is 1. The Morgan fingerprint density at radius 3 is 2.54 bits per heavy atom. The summed E-state index contributed by atoms with van der Waals surface area (Å²) >= 11 is 6.63. The zero-order valence-corrected chi connectivity index (χ0v) is 21.2. The van der Waals surface area contributed by atoms with Gasteiger partial charge in [0, 0.05) is 5.69 Å². The van der Waals surface area contributed by atoms with E-state index >= 15 is 0 Å². The molecule has 0 bridgehead atoms. The van der Waals surface area contributed by atoms with E-state index in [1.807, 2.05) is 0 Å². The monoisotopic (exact) mass is 548 g/mol. The van der Waals surface area contributed by atoms with E-state index in [0.717, 1.165) is 4.90 Å². The molecule has 1 aliphatic rings. The molecule has 0 unspecified atom stereocenters. The smallest absolute Gasteiger partial charge is 0.341 e. The molecule has 0 spiro atoms. The minimum absolute atomic E-state index is 0.0434. The number of thioether (sulfide) groups is 1. The SMILES string of the molecule is CCOc1cc(/C=C2/SC(=O)N(CC(=O)Nc3ccc(Cl)c(C(=O)OC)c3)C2=O)ccc1OCC(=O)O. The van der Waals surface area contributed by atoms with Crippen LogP contribution in [0.3, 0.4) is 0 Å². The topological polar surface area (TPSA) is 149 Å². The molecule has 0 atom stereocenters. The lowest BCUT2D eigenvalue weighted by atomic mass is 10.2. The van der Waals surface area contributed by atoms with Crippen molar-refractivity contribution in [1.29, 1.82) is 0 Å². The lowest BCUT2D eigenvalue weighted by molar-refractivity contribution is -0.139. The van der Waals surface area contributed by atoms with E-state index in [2.05, 4.69) is 10.1 Å². The van der Waals surface area contributed by atoms with Crippen LogP contribution in [0.25, 0.3) is 6.08 Å². The molecule has 37 heavy (non-hydrogen) atoms. The number of esters is 1. The molecule has 1 saturated heterocycles. The maximum absolute atomic E-state index is 12.8. The third-order valence-electron chi connectivity index (χ3n) is 4.75. The van der Waals surface area contributed by atoms with Gasteiger partial charge >= 0.3 is 11.9 Å². The summed E-state index contributed by atoms with van der Waals surface area (Å²) in [5, 5.41) is 10.8. The minimum atomic E-state index is -1.15. The van der Waals surface area contributed by atoms with E-state index in [1.165, 1.54) is 37.5 Å². The van der Waals surface area contributed by atoms with Crippen LogP contribution < -0.4 is 14.8 Å². The van der Waals surface area contributed by atoms with Gasteiger partial charge in [-0.05, 0) is 60.7 Å². The molecule has 1 aliphatic heterocycles. The van der Waals surface area contributed by atoms with Gasteiger partial charge in [-0.15, -0.1) is 0 Å². The molecule has 0 aliphatic carbocycles. The Labute approximate surface area is 220 Å². The number of rotatable bonds is 10. The number of halogens is 1. The number of hydrogen-bond donors (Lipinski definition) is 2. The predicted molar refractivity (Wildman–Crippen MR) is 135 cm³/mol. The van der Waals surface area contributed by atoms with Gasteiger partial charge in [-0.1, -0.05) is 17.7 Å². The van der Waals surface area contributed by atoms with Crippen LogP contribution in [0.2, 0.25) is 5.02 Å². The quantitative estimate of drug-likeness (QED) is 0.332. The minimum Gasteiger partial charge on any atom is -0.490 e. The van der Waals surface area contributed by atoms with E-state index in [9.17, 15) is 24.0 Å². The van der Waals surface area contributed by atoms with E-state index in [1.54, 1.807) is 19.1 Å². The van der Waals surface area contributed by atoms with Crippen molar-refractivity contribution in [2.24, 2.45) is 0 Å². The molecule has 2 aromatic rings.